The number of hydrogen-bond acceptors (Lipinski definition) is 5. The molecule has 7 nitrogen and oxygen atoms in total. The number of nitrogens with two attached hydrogens (primary N) is 1. The van der Waals surface area contributed by atoms with E-state index >= 15 is 0 Å². The Balaban J connectivity index is 2.93. The number of ether oxygens (including phenoxy) is 1. The van der Waals surface area contributed by atoms with Gasteiger partial charge in [0.2, 0.25) is 5.91 Å². The lowest BCUT2D eigenvalue weighted by molar-refractivity contribution is -0.385. The van der Waals surface area contributed by atoms with Crippen molar-refractivity contribution in [3.63, 3.8) is 0 Å². The molecule has 8 heteroatoms. The first kappa shape index (κ1) is 15.4. The number of nitro groups is 1. The van der Waals surface area contributed by atoms with Crippen LogP contribution in [0.2, 0.25) is 0 Å². The zero-order chi connectivity index (χ0) is 14.6. The molecule has 0 heterocycles. The SMILES string of the molecule is CNC(C)(COc1cccc([N+](=O)[O-])c1Br)C(N)=O. The Morgan fingerprint density at radius 2 is 2.26 bits per heavy atom. The molecular weight excluding hydrogens is 318 g/mol. The summed E-state index contributed by atoms with van der Waals surface area (Å²) < 4.78 is 5.66. The van der Waals surface area contributed by atoms with E-state index < -0.39 is 16.4 Å². The van der Waals surface area contributed by atoms with Gasteiger partial charge in [-0.25, -0.2) is 0 Å². The Labute approximate surface area is 118 Å². The molecule has 1 amide bonds. The molecule has 0 aromatic heterocycles. The summed E-state index contributed by atoms with van der Waals surface area (Å²) in [5, 5.41) is 13.5. The van der Waals surface area contributed by atoms with E-state index in [1.54, 1.807) is 20.0 Å². The van der Waals surface area contributed by atoms with E-state index in [0.29, 0.717) is 0 Å². The van der Waals surface area contributed by atoms with E-state index in [1.165, 1.54) is 12.1 Å². The summed E-state index contributed by atoms with van der Waals surface area (Å²) in [6, 6.07) is 4.41. The minimum atomic E-state index is -1.05. The molecule has 0 bridgehead atoms. The Bertz CT molecular complexity index is 509. The number of amides is 1. The van der Waals surface area contributed by atoms with Crippen LogP contribution in [-0.2, 0) is 4.79 Å². The number of carbonyl (C=O) groups excluding carboxylic acids is 1. The number of likely N-dealkylation sites (N-methyl/N-ethyl adjacent to an activating group) is 1. The molecule has 0 aliphatic carbocycles. The van der Waals surface area contributed by atoms with E-state index in [1.807, 2.05) is 0 Å². The Morgan fingerprint density at radius 3 is 2.74 bits per heavy atom. The first-order valence-electron chi connectivity index (χ1n) is 5.36. The third-order valence-electron chi connectivity index (χ3n) is 2.75. The van der Waals surface area contributed by atoms with Crippen molar-refractivity contribution >= 4 is 27.5 Å². The molecule has 3 N–H and O–H groups in total. The molecule has 0 radical (unpaired) electrons. The number of nitrogens with one attached hydrogen (secondary N) is 1. The first-order valence-corrected chi connectivity index (χ1v) is 6.15. The van der Waals surface area contributed by atoms with Crippen molar-refractivity contribution in [3.8, 4) is 5.75 Å². The van der Waals surface area contributed by atoms with Crippen molar-refractivity contribution in [1.29, 1.82) is 0 Å². The topological polar surface area (TPSA) is 107 Å². The summed E-state index contributed by atoms with van der Waals surface area (Å²) in [6.07, 6.45) is 0. The molecule has 1 aromatic rings. The maximum Gasteiger partial charge on any atom is 0.287 e. The predicted octanol–water partition coefficient (Wildman–Crippen LogP) is 1.20. The van der Waals surface area contributed by atoms with Gasteiger partial charge in [-0.2, -0.15) is 0 Å². The van der Waals surface area contributed by atoms with Crippen LogP contribution in [0.15, 0.2) is 22.7 Å². The second kappa shape index (κ2) is 5.98. The maximum atomic E-state index is 11.3. The van der Waals surface area contributed by atoms with E-state index in [2.05, 4.69) is 21.2 Å². The van der Waals surface area contributed by atoms with Gasteiger partial charge in [-0.1, -0.05) is 6.07 Å². The fraction of sp³-hybridized carbons (Fsp3) is 0.364. The molecular formula is C11H14BrN3O4. The van der Waals surface area contributed by atoms with E-state index in [4.69, 9.17) is 10.5 Å². The highest BCUT2D eigenvalue weighted by Gasteiger charge is 2.30. The number of halogens is 1. The minimum absolute atomic E-state index is 0.0431. The second-order valence-electron chi connectivity index (χ2n) is 4.08. The third-order valence-corrected chi connectivity index (χ3v) is 3.55. The quantitative estimate of drug-likeness (QED) is 0.601. The van der Waals surface area contributed by atoms with Crippen molar-refractivity contribution in [3.05, 3.63) is 32.8 Å². The fourth-order valence-electron chi connectivity index (χ4n) is 1.24. The molecule has 0 saturated carbocycles. The zero-order valence-corrected chi connectivity index (χ0v) is 12.1. The largest absolute Gasteiger partial charge is 0.490 e. The smallest absolute Gasteiger partial charge is 0.287 e. The summed E-state index contributed by atoms with van der Waals surface area (Å²) in [6.45, 7) is 1.54. The molecule has 104 valence electrons. The zero-order valence-electron chi connectivity index (χ0n) is 10.5. The normalized spacial score (nSPS) is 13.6. The van der Waals surface area contributed by atoms with E-state index in [0.717, 1.165) is 0 Å². The number of nitrogens with zero attached hydrogens (tertiary/aromatic N) is 1. The second-order valence-corrected chi connectivity index (χ2v) is 4.87. The predicted molar refractivity (Wildman–Crippen MR) is 73.0 cm³/mol. The number of benzene rings is 1. The van der Waals surface area contributed by atoms with Gasteiger partial charge in [0.1, 0.15) is 22.4 Å². The Kier molecular flexibility index (Phi) is 4.84. The summed E-state index contributed by atoms with van der Waals surface area (Å²) in [4.78, 5) is 21.5. The van der Waals surface area contributed by atoms with Gasteiger partial charge < -0.3 is 15.8 Å². The summed E-state index contributed by atoms with van der Waals surface area (Å²) in [7, 11) is 1.58. The number of nitro benzene ring substituents is 1. The highest BCUT2D eigenvalue weighted by atomic mass is 79.9. The van der Waals surface area contributed by atoms with Crippen molar-refractivity contribution < 1.29 is 14.5 Å². The highest BCUT2D eigenvalue weighted by molar-refractivity contribution is 9.10. The molecule has 0 aliphatic rings. The number of hydrogen-bond donors (Lipinski definition) is 2. The molecule has 19 heavy (non-hydrogen) atoms. The van der Waals surface area contributed by atoms with Crippen LogP contribution in [0.25, 0.3) is 0 Å². The number of rotatable bonds is 6. The first-order chi connectivity index (χ1) is 8.81. The average molecular weight is 332 g/mol. The lowest BCUT2D eigenvalue weighted by Gasteiger charge is -2.25. The van der Waals surface area contributed by atoms with Crippen LogP contribution in [0.3, 0.4) is 0 Å². The van der Waals surface area contributed by atoms with Crippen LogP contribution in [0.5, 0.6) is 5.75 Å². The van der Waals surface area contributed by atoms with Gasteiger partial charge in [0.25, 0.3) is 5.69 Å². The molecule has 0 aliphatic heterocycles. The van der Waals surface area contributed by atoms with Gasteiger partial charge in [0.15, 0.2) is 0 Å². The molecule has 0 fully saturated rings. The summed E-state index contributed by atoms with van der Waals surface area (Å²) in [5.41, 5.74) is 4.10. The van der Waals surface area contributed by atoms with Crippen molar-refractivity contribution in [2.45, 2.75) is 12.5 Å². The molecule has 1 unspecified atom stereocenters. The van der Waals surface area contributed by atoms with Crippen LogP contribution in [0, 0.1) is 10.1 Å². The molecule has 0 saturated heterocycles. The van der Waals surface area contributed by atoms with Crippen LogP contribution < -0.4 is 15.8 Å². The van der Waals surface area contributed by atoms with Crippen molar-refractivity contribution in [2.75, 3.05) is 13.7 Å². The average Bonchev–Trinajstić information content (AvgIpc) is 2.36. The molecule has 1 rings (SSSR count). The lowest BCUT2D eigenvalue weighted by atomic mass is 10.0. The van der Waals surface area contributed by atoms with Gasteiger partial charge in [0.05, 0.1) is 4.92 Å². The van der Waals surface area contributed by atoms with Gasteiger partial charge in [0, 0.05) is 6.07 Å². The minimum Gasteiger partial charge on any atom is -0.490 e. The van der Waals surface area contributed by atoms with Crippen LogP contribution in [0.4, 0.5) is 5.69 Å². The van der Waals surface area contributed by atoms with Gasteiger partial charge >= 0.3 is 0 Å². The molecule has 1 atom stereocenters. The lowest BCUT2D eigenvalue weighted by Crippen LogP contribution is -2.55. The van der Waals surface area contributed by atoms with Gasteiger partial charge in [-0.3, -0.25) is 14.9 Å². The van der Waals surface area contributed by atoms with Crippen molar-refractivity contribution in [1.82, 2.24) is 5.32 Å². The van der Waals surface area contributed by atoms with E-state index in [-0.39, 0.29) is 22.5 Å². The molecule has 1 aromatic carbocycles. The summed E-state index contributed by atoms with van der Waals surface area (Å²) >= 11 is 3.11. The van der Waals surface area contributed by atoms with Crippen molar-refractivity contribution in [2.24, 2.45) is 5.73 Å². The monoisotopic (exact) mass is 331 g/mol. The standard InChI is InChI=1S/C11H14BrN3O4/c1-11(14-2,10(13)16)6-19-8-5-3-4-7(9(8)12)15(17)18/h3-5,14H,6H2,1-2H3,(H2,13,16). The summed E-state index contributed by atoms with van der Waals surface area (Å²) in [5.74, 6) is -0.298. The van der Waals surface area contributed by atoms with E-state index in [9.17, 15) is 14.9 Å². The number of primary amides is 1. The maximum absolute atomic E-state index is 11.3. The van der Waals surface area contributed by atoms with Gasteiger partial charge in [-0.15, -0.1) is 0 Å². The van der Waals surface area contributed by atoms with Crippen LogP contribution >= 0.6 is 15.9 Å². The van der Waals surface area contributed by atoms with Crippen LogP contribution in [-0.4, -0.2) is 30.0 Å². The fourth-order valence-corrected chi connectivity index (χ4v) is 1.76. The number of carbonyl (C=O) groups is 1. The van der Waals surface area contributed by atoms with Gasteiger partial charge in [-0.05, 0) is 36.0 Å². The Hall–Kier alpha value is -1.67. The third kappa shape index (κ3) is 3.42. The Morgan fingerprint density at radius 1 is 1.63 bits per heavy atom. The molecule has 0 spiro atoms. The van der Waals surface area contributed by atoms with Crippen LogP contribution in [0.1, 0.15) is 6.92 Å². The highest BCUT2D eigenvalue weighted by Crippen LogP contribution is 2.34.